The molecule has 6 nitrogen and oxygen atoms in total. The molecule has 0 radical (unpaired) electrons. The van der Waals surface area contributed by atoms with E-state index in [-0.39, 0.29) is 6.61 Å². The number of benzene rings is 1. The van der Waals surface area contributed by atoms with Gasteiger partial charge in [0.2, 0.25) is 0 Å². The number of nitrogens with one attached hydrogen (secondary N) is 2. The molecule has 0 unspecified atom stereocenters. The zero-order valence-electron chi connectivity index (χ0n) is 15.7. The van der Waals surface area contributed by atoms with Crippen LogP contribution in [-0.2, 0) is 11.2 Å². The molecule has 0 atom stereocenters. The van der Waals surface area contributed by atoms with Crippen molar-refractivity contribution in [3.8, 4) is 5.75 Å². The Morgan fingerprint density at radius 3 is 2.40 bits per heavy atom. The van der Waals surface area contributed by atoms with E-state index in [1.165, 1.54) is 5.56 Å². The largest absolute Gasteiger partial charge is 0.484 e. The Bertz CT molecular complexity index is 525. The molecule has 1 aromatic carbocycles. The van der Waals surface area contributed by atoms with Crippen LogP contribution in [0.3, 0.4) is 0 Å². The third kappa shape index (κ3) is 8.98. The second-order valence-corrected chi connectivity index (χ2v) is 5.98. The Morgan fingerprint density at radius 2 is 1.84 bits per heavy atom. The molecular formula is C19H32N4O2. The van der Waals surface area contributed by atoms with Crippen molar-refractivity contribution in [1.82, 2.24) is 10.6 Å². The summed E-state index contributed by atoms with van der Waals surface area (Å²) in [5.41, 5.74) is 6.25. The van der Waals surface area contributed by atoms with Crippen LogP contribution in [0.25, 0.3) is 0 Å². The molecule has 0 aliphatic carbocycles. The van der Waals surface area contributed by atoms with Crippen LogP contribution in [0.4, 0.5) is 0 Å². The number of rotatable bonds is 11. The lowest BCUT2D eigenvalue weighted by atomic mass is 10.0. The normalized spacial score (nSPS) is 11.4. The van der Waals surface area contributed by atoms with Crippen molar-refractivity contribution in [3.63, 3.8) is 0 Å². The maximum absolute atomic E-state index is 10.7. The second-order valence-electron chi connectivity index (χ2n) is 5.98. The first-order valence-corrected chi connectivity index (χ1v) is 9.11. The number of hydrogen-bond donors (Lipinski definition) is 3. The molecule has 0 saturated carbocycles. The Hall–Kier alpha value is -2.24. The minimum Gasteiger partial charge on any atom is -0.484 e. The van der Waals surface area contributed by atoms with Crippen LogP contribution >= 0.6 is 0 Å². The van der Waals surface area contributed by atoms with Crippen molar-refractivity contribution in [3.05, 3.63) is 29.8 Å². The van der Waals surface area contributed by atoms with E-state index in [4.69, 9.17) is 10.5 Å². The number of hydrogen-bond acceptors (Lipinski definition) is 3. The average Bonchev–Trinajstić information content (AvgIpc) is 2.61. The SMILES string of the molecule is CCNC(=NCC(CC)CC)NCCc1ccc(OCC(N)=O)cc1. The fourth-order valence-corrected chi connectivity index (χ4v) is 2.34. The van der Waals surface area contributed by atoms with E-state index in [2.05, 4.69) is 36.4 Å². The Morgan fingerprint density at radius 1 is 1.16 bits per heavy atom. The first-order valence-electron chi connectivity index (χ1n) is 9.11. The van der Waals surface area contributed by atoms with Crippen LogP contribution in [0, 0.1) is 5.92 Å². The van der Waals surface area contributed by atoms with Gasteiger partial charge in [0, 0.05) is 19.6 Å². The maximum atomic E-state index is 10.7. The molecule has 1 aromatic rings. The number of carbonyl (C=O) groups is 1. The molecule has 0 aliphatic rings. The molecule has 0 bridgehead atoms. The van der Waals surface area contributed by atoms with Crippen molar-refractivity contribution >= 4 is 11.9 Å². The number of nitrogens with zero attached hydrogens (tertiary/aromatic N) is 1. The van der Waals surface area contributed by atoms with E-state index in [9.17, 15) is 4.79 Å². The quantitative estimate of drug-likeness (QED) is 0.422. The van der Waals surface area contributed by atoms with Gasteiger partial charge in [-0.05, 0) is 37.0 Å². The first-order chi connectivity index (χ1) is 12.1. The predicted molar refractivity (Wildman–Crippen MR) is 103 cm³/mol. The van der Waals surface area contributed by atoms with Gasteiger partial charge < -0.3 is 21.1 Å². The number of nitrogens with two attached hydrogens (primary N) is 1. The van der Waals surface area contributed by atoms with Gasteiger partial charge in [0.15, 0.2) is 12.6 Å². The van der Waals surface area contributed by atoms with Crippen LogP contribution in [0.15, 0.2) is 29.3 Å². The van der Waals surface area contributed by atoms with Crippen LogP contribution in [0.2, 0.25) is 0 Å². The van der Waals surface area contributed by atoms with Crippen LogP contribution in [0.1, 0.15) is 39.2 Å². The lowest BCUT2D eigenvalue weighted by Crippen LogP contribution is -2.38. The van der Waals surface area contributed by atoms with Gasteiger partial charge in [-0.25, -0.2) is 0 Å². The molecule has 4 N–H and O–H groups in total. The Kier molecular flexibility index (Phi) is 10.1. The molecule has 25 heavy (non-hydrogen) atoms. The molecule has 0 aromatic heterocycles. The van der Waals surface area contributed by atoms with Gasteiger partial charge in [0.05, 0.1) is 0 Å². The zero-order chi connectivity index (χ0) is 18.5. The van der Waals surface area contributed by atoms with E-state index in [0.717, 1.165) is 44.9 Å². The summed E-state index contributed by atoms with van der Waals surface area (Å²) in [5.74, 6) is 1.69. The van der Waals surface area contributed by atoms with Crippen LogP contribution in [0.5, 0.6) is 5.75 Å². The fraction of sp³-hybridized carbons (Fsp3) is 0.579. The van der Waals surface area contributed by atoms with Gasteiger partial charge in [-0.1, -0.05) is 38.8 Å². The van der Waals surface area contributed by atoms with Crippen molar-refractivity contribution in [2.75, 3.05) is 26.2 Å². The highest BCUT2D eigenvalue weighted by Crippen LogP contribution is 2.12. The predicted octanol–water partition coefficient (Wildman–Crippen LogP) is 2.08. The van der Waals surface area contributed by atoms with Gasteiger partial charge in [0.1, 0.15) is 5.75 Å². The zero-order valence-corrected chi connectivity index (χ0v) is 15.7. The average molecular weight is 348 g/mol. The summed E-state index contributed by atoms with van der Waals surface area (Å²) in [7, 11) is 0. The molecule has 0 heterocycles. The number of aliphatic imine (C=N–C) groups is 1. The fourth-order valence-electron chi connectivity index (χ4n) is 2.34. The van der Waals surface area contributed by atoms with Crippen molar-refractivity contribution in [2.45, 2.75) is 40.0 Å². The standard InChI is InChI=1S/C19H32N4O2/c1-4-15(5-2)13-23-19(21-6-3)22-12-11-16-7-9-17(10-8-16)25-14-18(20)24/h7-10,15H,4-6,11-14H2,1-3H3,(H2,20,24)(H2,21,22,23). The van der Waals surface area contributed by atoms with Gasteiger partial charge >= 0.3 is 0 Å². The monoisotopic (exact) mass is 348 g/mol. The van der Waals surface area contributed by atoms with E-state index in [1.807, 2.05) is 24.3 Å². The Labute approximate surface area is 151 Å². The number of primary amides is 1. The number of amides is 1. The van der Waals surface area contributed by atoms with E-state index < -0.39 is 5.91 Å². The summed E-state index contributed by atoms with van der Waals surface area (Å²) in [4.78, 5) is 15.4. The van der Waals surface area contributed by atoms with Crippen molar-refractivity contribution in [1.29, 1.82) is 0 Å². The molecule has 1 rings (SSSR count). The van der Waals surface area contributed by atoms with Crippen molar-refractivity contribution < 1.29 is 9.53 Å². The molecule has 0 spiro atoms. The molecular weight excluding hydrogens is 316 g/mol. The third-order valence-electron chi connectivity index (χ3n) is 4.02. The summed E-state index contributed by atoms with van der Waals surface area (Å²) in [5, 5.41) is 6.66. The minimum atomic E-state index is -0.475. The molecule has 0 fully saturated rings. The number of ether oxygens (including phenoxy) is 1. The van der Waals surface area contributed by atoms with Gasteiger partial charge in [-0.3, -0.25) is 9.79 Å². The summed E-state index contributed by atoms with van der Waals surface area (Å²) in [6, 6.07) is 7.69. The first kappa shape index (κ1) is 20.8. The molecule has 6 heteroatoms. The molecule has 1 amide bonds. The van der Waals surface area contributed by atoms with E-state index in [0.29, 0.717) is 11.7 Å². The third-order valence-corrected chi connectivity index (χ3v) is 4.02. The van der Waals surface area contributed by atoms with E-state index in [1.54, 1.807) is 0 Å². The highest BCUT2D eigenvalue weighted by atomic mass is 16.5. The lowest BCUT2D eigenvalue weighted by molar-refractivity contribution is -0.119. The topological polar surface area (TPSA) is 88.7 Å². The maximum Gasteiger partial charge on any atom is 0.255 e. The van der Waals surface area contributed by atoms with E-state index >= 15 is 0 Å². The van der Waals surface area contributed by atoms with Crippen LogP contribution in [-0.4, -0.2) is 38.1 Å². The lowest BCUT2D eigenvalue weighted by Gasteiger charge is -2.14. The Balaban J connectivity index is 2.44. The highest BCUT2D eigenvalue weighted by molar-refractivity contribution is 5.79. The summed E-state index contributed by atoms with van der Waals surface area (Å²) >= 11 is 0. The number of guanidine groups is 1. The van der Waals surface area contributed by atoms with Crippen molar-refractivity contribution in [2.24, 2.45) is 16.6 Å². The summed E-state index contributed by atoms with van der Waals surface area (Å²) in [6.45, 7) is 8.89. The number of carbonyl (C=O) groups excluding carboxylic acids is 1. The summed E-state index contributed by atoms with van der Waals surface area (Å²) in [6.07, 6.45) is 3.19. The van der Waals surface area contributed by atoms with Gasteiger partial charge in [-0.15, -0.1) is 0 Å². The molecule has 140 valence electrons. The molecule has 0 aliphatic heterocycles. The highest BCUT2D eigenvalue weighted by Gasteiger charge is 2.04. The van der Waals surface area contributed by atoms with Gasteiger partial charge in [-0.2, -0.15) is 0 Å². The molecule has 0 saturated heterocycles. The van der Waals surface area contributed by atoms with Gasteiger partial charge in [0.25, 0.3) is 5.91 Å². The van der Waals surface area contributed by atoms with Crippen LogP contribution < -0.4 is 21.1 Å². The second kappa shape index (κ2) is 12.2. The minimum absolute atomic E-state index is 0.0973. The smallest absolute Gasteiger partial charge is 0.255 e. The summed E-state index contributed by atoms with van der Waals surface area (Å²) < 4.78 is 5.25.